The minimum atomic E-state index is -0.607. The first-order valence-corrected chi connectivity index (χ1v) is 5.95. The van der Waals surface area contributed by atoms with Gasteiger partial charge in [-0.1, -0.05) is 12.1 Å². The second-order valence-electron chi connectivity index (χ2n) is 4.15. The summed E-state index contributed by atoms with van der Waals surface area (Å²) >= 11 is 0. The molecule has 20 heavy (non-hydrogen) atoms. The van der Waals surface area contributed by atoms with Gasteiger partial charge in [0.15, 0.2) is 0 Å². The molecule has 1 N–H and O–H groups in total. The molecule has 2 aromatic carbocycles. The molecular weight excluding hydrogens is 263 g/mol. The van der Waals surface area contributed by atoms with Gasteiger partial charge in [0, 0.05) is 18.7 Å². The molecule has 0 amide bonds. The summed E-state index contributed by atoms with van der Waals surface area (Å²) in [7, 11) is 1.83. The Hall–Kier alpha value is -2.47. The normalized spacial score (nSPS) is 10.3. The maximum absolute atomic E-state index is 13.2. The molecule has 0 aliphatic rings. The number of nitrogens with one attached hydrogen (secondary N) is 1. The summed E-state index contributed by atoms with van der Waals surface area (Å²) in [6, 6.07) is 10.1. The monoisotopic (exact) mass is 276 g/mol. The van der Waals surface area contributed by atoms with Crippen molar-refractivity contribution in [2.75, 3.05) is 7.05 Å². The summed E-state index contributed by atoms with van der Waals surface area (Å²) < 4.78 is 18.5. The molecule has 0 saturated heterocycles. The number of hydrogen-bond acceptors (Lipinski definition) is 4. The zero-order valence-corrected chi connectivity index (χ0v) is 10.8. The van der Waals surface area contributed by atoms with Gasteiger partial charge >= 0.3 is 5.69 Å². The molecule has 0 bridgehead atoms. The average molecular weight is 276 g/mol. The zero-order valence-electron chi connectivity index (χ0n) is 10.8. The van der Waals surface area contributed by atoms with Crippen LogP contribution in [0.3, 0.4) is 0 Å². The van der Waals surface area contributed by atoms with Crippen LogP contribution in [0.1, 0.15) is 5.56 Å². The third kappa shape index (κ3) is 3.30. The van der Waals surface area contributed by atoms with Crippen molar-refractivity contribution in [3.63, 3.8) is 0 Å². The maximum atomic E-state index is 13.2. The van der Waals surface area contributed by atoms with Crippen molar-refractivity contribution in [3.8, 4) is 11.5 Å². The fourth-order valence-corrected chi connectivity index (χ4v) is 1.73. The largest absolute Gasteiger partial charge is 0.450 e. The lowest BCUT2D eigenvalue weighted by Crippen LogP contribution is -2.04. The van der Waals surface area contributed by atoms with Crippen LogP contribution in [0.4, 0.5) is 10.1 Å². The summed E-state index contributed by atoms with van der Waals surface area (Å²) in [4.78, 5) is 10.3. The Kier molecular flexibility index (Phi) is 4.27. The smallest absolute Gasteiger partial charge is 0.311 e. The van der Waals surface area contributed by atoms with E-state index in [0.29, 0.717) is 12.3 Å². The molecule has 2 aromatic rings. The minimum absolute atomic E-state index is 0.114. The molecule has 0 atom stereocenters. The molecule has 0 radical (unpaired) electrons. The lowest BCUT2D eigenvalue weighted by Gasteiger charge is -2.07. The van der Waals surface area contributed by atoms with E-state index in [2.05, 4.69) is 5.32 Å². The highest BCUT2D eigenvalue weighted by molar-refractivity contribution is 5.48. The van der Waals surface area contributed by atoms with Crippen LogP contribution in [0.2, 0.25) is 0 Å². The predicted octanol–water partition coefficient (Wildman–Crippen LogP) is 3.25. The molecule has 0 saturated carbocycles. The van der Waals surface area contributed by atoms with E-state index in [1.54, 1.807) is 12.1 Å². The Bertz CT molecular complexity index is 614. The van der Waals surface area contributed by atoms with Gasteiger partial charge in [-0.25, -0.2) is 4.39 Å². The fraction of sp³-hybridized carbons (Fsp3) is 0.143. The third-order valence-corrected chi connectivity index (χ3v) is 2.65. The molecule has 2 rings (SSSR count). The highest BCUT2D eigenvalue weighted by Crippen LogP contribution is 2.31. The highest BCUT2D eigenvalue weighted by Gasteiger charge is 2.16. The predicted molar refractivity (Wildman–Crippen MR) is 72.3 cm³/mol. The maximum Gasteiger partial charge on any atom is 0.311 e. The van der Waals surface area contributed by atoms with E-state index in [1.165, 1.54) is 0 Å². The topological polar surface area (TPSA) is 64.4 Å². The van der Waals surface area contributed by atoms with Crippen LogP contribution in [0.5, 0.6) is 11.5 Å². The van der Waals surface area contributed by atoms with Crippen molar-refractivity contribution in [3.05, 3.63) is 64.0 Å². The minimum Gasteiger partial charge on any atom is -0.450 e. The number of ether oxygens (including phenoxy) is 1. The number of benzene rings is 2. The molecule has 0 unspecified atom stereocenters. The van der Waals surface area contributed by atoms with Crippen LogP contribution in [0.15, 0.2) is 42.5 Å². The van der Waals surface area contributed by atoms with Gasteiger partial charge in [-0.3, -0.25) is 10.1 Å². The SMILES string of the molecule is CNCc1ccc(Oc2cc(F)ccc2[N+](=O)[O-])cc1. The zero-order chi connectivity index (χ0) is 14.5. The summed E-state index contributed by atoms with van der Waals surface area (Å²) in [6.45, 7) is 0.709. The molecule has 5 nitrogen and oxygen atoms in total. The molecule has 0 aromatic heterocycles. The van der Waals surface area contributed by atoms with E-state index in [1.807, 2.05) is 19.2 Å². The number of halogens is 1. The summed E-state index contributed by atoms with van der Waals surface area (Å²) in [5, 5.41) is 13.9. The van der Waals surface area contributed by atoms with Gasteiger partial charge in [-0.15, -0.1) is 0 Å². The van der Waals surface area contributed by atoms with Crippen LogP contribution in [-0.4, -0.2) is 12.0 Å². The third-order valence-electron chi connectivity index (χ3n) is 2.65. The van der Waals surface area contributed by atoms with Crippen molar-refractivity contribution in [2.45, 2.75) is 6.54 Å². The van der Waals surface area contributed by atoms with Gasteiger partial charge in [-0.2, -0.15) is 0 Å². The molecule has 6 heteroatoms. The molecule has 104 valence electrons. The molecule has 0 aliphatic heterocycles. The number of nitrogens with zero attached hydrogens (tertiary/aromatic N) is 1. The van der Waals surface area contributed by atoms with Gasteiger partial charge in [-0.05, 0) is 30.8 Å². The molecule has 0 spiro atoms. The van der Waals surface area contributed by atoms with E-state index in [4.69, 9.17) is 4.74 Å². The Morgan fingerprint density at radius 3 is 2.55 bits per heavy atom. The van der Waals surface area contributed by atoms with Crippen molar-refractivity contribution in [1.29, 1.82) is 0 Å². The van der Waals surface area contributed by atoms with Crippen molar-refractivity contribution in [1.82, 2.24) is 5.32 Å². The molecule has 0 heterocycles. The van der Waals surface area contributed by atoms with Gasteiger partial charge < -0.3 is 10.1 Å². The van der Waals surface area contributed by atoms with Crippen LogP contribution < -0.4 is 10.1 Å². The van der Waals surface area contributed by atoms with E-state index in [-0.39, 0.29) is 11.4 Å². The number of nitro benzene ring substituents is 1. The Balaban J connectivity index is 2.25. The van der Waals surface area contributed by atoms with Gasteiger partial charge in [0.1, 0.15) is 11.6 Å². The van der Waals surface area contributed by atoms with Crippen molar-refractivity contribution in [2.24, 2.45) is 0 Å². The van der Waals surface area contributed by atoms with Crippen LogP contribution in [0, 0.1) is 15.9 Å². The van der Waals surface area contributed by atoms with Crippen molar-refractivity contribution < 1.29 is 14.1 Å². The summed E-state index contributed by atoms with van der Waals surface area (Å²) in [6.07, 6.45) is 0. The Morgan fingerprint density at radius 2 is 1.95 bits per heavy atom. The quantitative estimate of drug-likeness (QED) is 0.672. The van der Waals surface area contributed by atoms with Gasteiger partial charge in [0.25, 0.3) is 0 Å². The second-order valence-corrected chi connectivity index (χ2v) is 4.15. The first-order chi connectivity index (χ1) is 9.60. The number of nitro groups is 1. The van der Waals surface area contributed by atoms with E-state index >= 15 is 0 Å². The first-order valence-electron chi connectivity index (χ1n) is 5.95. The van der Waals surface area contributed by atoms with Gasteiger partial charge in [0.2, 0.25) is 5.75 Å². The number of rotatable bonds is 5. The Morgan fingerprint density at radius 1 is 1.25 bits per heavy atom. The van der Waals surface area contributed by atoms with Crippen LogP contribution >= 0.6 is 0 Å². The van der Waals surface area contributed by atoms with Crippen LogP contribution in [0.25, 0.3) is 0 Å². The van der Waals surface area contributed by atoms with E-state index in [9.17, 15) is 14.5 Å². The lowest BCUT2D eigenvalue weighted by molar-refractivity contribution is -0.385. The standard InChI is InChI=1S/C14H13FN2O3/c1-16-9-10-2-5-12(6-3-10)20-14-8-11(15)4-7-13(14)17(18)19/h2-8,16H,9H2,1H3. The Labute approximate surface area is 115 Å². The van der Waals surface area contributed by atoms with E-state index < -0.39 is 10.7 Å². The second kappa shape index (κ2) is 6.12. The molecule has 0 aliphatic carbocycles. The van der Waals surface area contributed by atoms with Gasteiger partial charge in [0.05, 0.1) is 4.92 Å². The van der Waals surface area contributed by atoms with Crippen molar-refractivity contribution >= 4 is 5.69 Å². The highest BCUT2D eigenvalue weighted by atomic mass is 19.1. The average Bonchev–Trinajstić information content (AvgIpc) is 2.41. The number of hydrogen-bond donors (Lipinski definition) is 1. The summed E-state index contributed by atoms with van der Waals surface area (Å²) in [5.41, 5.74) is 0.777. The first kappa shape index (κ1) is 14.0. The fourth-order valence-electron chi connectivity index (χ4n) is 1.73. The lowest BCUT2D eigenvalue weighted by atomic mass is 10.2. The van der Waals surface area contributed by atoms with Crippen LogP contribution in [-0.2, 0) is 6.54 Å². The molecule has 0 fully saturated rings. The molecular formula is C14H13FN2O3. The van der Waals surface area contributed by atoms with E-state index in [0.717, 1.165) is 23.8 Å². The summed E-state index contributed by atoms with van der Waals surface area (Å²) in [5.74, 6) is -0.285.